The highest BCUT2D eigenvalue weighted by atomic mass is 35.5. The molecule has 2 fully saturated rings. The van der Waals surface area contributed by atoms with Crippen molar-refractivity contribution < 1.29 is 14.6 Å². The predicted octanol–water partition coefficient (Wildman–Crippen LogP) is 1.41. The van der Waals surface area contributed by atoms with Gasteiger partial charge in [0.15, 0.2) is 5.15 Å². The van der Waals surface area contributed by atoms with E-state index in [4.69, 9.17) is 31.9 Å². The zero-order valence-corrected chi connectivity index (χ0v) is 14.2. The van der Waals surface area contributed by atoms with E-state index in [1.807, 2.05) is 0 Å². The Kier molecular flexibility index (Phi) is 5.83. The minimum Gasteiger partial charge on any atom is -0.391 e. The van der Waals surface area contributed by atoms with E-state index < -0.39 is 0 Å². The molecule has 1 unspecified atom stereocenters. The van der Waals surface area contributed by atoms with Gasteiger partial charge in [-0.15, -0.1) is 5.10 Å². The molecule has 0 saturated carbocycles. The van der Waals surface area contributed by atoms with Crippen LogP contribution in [0.15, 0.2) is 6.20 Å². The SMILES string of the molecule is Nc1ncc2c(Cl)nc(C3CCOCC3)n2n1.OC1CCCOC1. The first-order valence-electron chi connectivity index (χ1n) is 8.15. The highest BCUT2D eigenvalue weighted by Gasteiger charge is 2.23. The zero-order valence-electron chi connectivity index (χ0n) is 13.4. The molecule has 4 heterocycles. The minimum absolute atomic E-state index is 0.186. The maximum atomic E-state index is 8.78. The number of hydrogen-bond acceptors (Lipinski definition) is 7. The standard InChI is InChI=1S/C10H12ClN5O.C5H10O2/c11-8-7-5-13-10(12)15-16(7)9(14-8)6-1-3-17-4-2-6;6-5-2-1-3-7-4-5/h5-6H,1-4H2,(H2,12,15);5-6H,1-4H2. The lowest BCUT2D eigenvalue weighted by Gasteiger charge is -2.20. The average molecular weight is 356 g/mol. The number of nitrogen functional groups attached to an aromatic ring is 1. The summed E-state index contributed by atoms with van der Waals surface area (Å²) in [7, 11) is 0. The van der Waals surface area contributed by atoms with Crippen LogP contribution in [-0.2, 0) is 9.47 Å². The van der Waals surface area contributed by atoms with E-state index in [1.54, 1.807) is 10.7 Å². The third-order valence-electron chi connectivity index (χ3n) is 4.11. The van der Waals surface area contributed by atoms with Gasteiger partial charge in [0, 0.05) is 25.7 Å². The number of anilines is 1. The summed E-state index contributed by atoms with van der Waals surface area (Å²) >= 11 is 6.07. The largest absolute Gasteiger partial charge is 0.391 e. The van der Waals surface area contributed by atoms with Crippen molar-refractivity contribution in [1.29, 1.82) is 0 Å². The van der Waals surface area contributed by atoms with Gasteiger partial charge in [-0.3, -0.25) is 0 Å². The van der Waals surface area contributed by atoms with Crippen molar-refractivity contribution in [3.05, 3.63) is 17.2 Å². The molecule has 4 rings (SSSR count). The molecule has 0 aliphatic carbocycles. The van der Waals surface area contributed by atoms with E-state index in [0.717, 1.165) is 51.3 Å². The Morgan fingerprint density at radius 3 is 2.62 bits per heavy atom. The number of ether oxygens (including phenoxy) is 2. The van der Waals surface area contributed by atoms with Crippen LogP contribution in [-0.4, -0.2) is 57.2 Å². The Morgan fingerprint density at radius 2 is 2.00 bits per heavy atom. The van der Waals surface area contributed by atoms with Crippen LogP contribution in [0.4, 0.5) is 5.95 Å². The summed E-state index contributed by atoms with van der Waals surface area (Å²) in [6.45, 7) is 2.87. The highest BCUT2D eigenvalue weighted by molar-refractivity contribution is 6.32. The second-order valence-electron chi connectivity index (χ2n) is 5.93. The number of fused-ring (bicyclic) bond motifs is 1. The van der Waals surface area contributed by atoms with Crippen LogP contribution in [0.1, 0.15) is 37.4 Å². The van der Waals surface area contributed by atoms with Gasteiger partial charge in [0.2, 0.25) is 5.95 Å². The Bertz CT molecular complexity index is 668. The number of nitrogens with two attached hydrogens (primary N) is 1. The Labute approximate surface area is 144 Å². The molecule has 0 radical (unpaired) electrons. The fourth-order valence-electron chi connectivity index (χ4n) is 2.83. The maximum Gasteiger partial charge on any atom is 0.238 e. The number of aromatic nitrogens is 4. The van der Waals surface area contributed by atoms with Crippen LogP contribution < -0.4 is 5.73 Å². The first-order valence-corrected chi connectivity index (χ1v) is 8.53. The van der Waals surface area contributed by atoms with E-state index in [9.17, 15) is 0 Å². The number of rotatable bonds is 1. The van der Waals surface area contributed by atoms with Gasteiger partial charge < -0.3 is 20.3 Å². The summed E-state index contributed by atoms with van der Waals surface area (Å²) in [5.74, 6) is 1.39. The Hall–Kier alpha value is -1.48. The van der Waals surface area contributed by atoms with Gasteiger partial charge in [0.05, 0.1) is 18.9 Å². The summed E-state index contributed by atoms with van der Waals surface area (Å²) in [6.07, 6.45) is 5.20. The molecule has 2 aromatic rings. The van der Waals surface area contributed by atoms with Crippen LogP contribution in [0.3, 0.4) is 0 Å². The lowest BCUT2D eigenvalue weighted by atomic mass is 10.00. The molecule has 8 nitrogen and oxygen atoms in total. The third kappa shape index (κ3) is 4.13. The summed E-state index contributed by atoms with van der Waals surface area (Å²) in [5.41, 5.74) is 6.29. The molecule has 1 atom stereocenters. The van der Waals surface area contributed by atoms with Gasteiger partial charge in [-0.2, -0.15) is 0 Å². The molecule has 0 bridgehead atoms. The first-order chi connectivity index (χ1) is 11.6. The molecule has 0 spiro atoms. The smallest absolute Gasteiger partial charge is 0.238 e. The van der Waals surface area contributed by atoms with Crippen LogP contribution in [0.5, 0.6) is 0 Å². The second-order valence-corrected chi connectivity index (χ2v) is 6.29. The fourth-order valence-corrected chi connectivity index (χ4v) is 3.04. The summed E-state index contributed by atoms with van der Waals surface area (Å²) < 4.78 is 12.0. The molecule has 2 aromatic heterocycles. The van der Waals surface area contributed by atoms with E-state index in [0.29, 0.717) is 23.2 Å². The quantitative estimate of drug-likeness (QED) is 0.796. The van der Waals surface area contributed by atoms with Gasteiger partial charge in [-0.05, 0) is 25.7 Å². The monoisotopic (exact) mass is 355 g/mol. The van der Waals surface area contributed by atoms with Crippen molar-refractivity contribution in [2.24, 2.45) is 0 Å². The lowest BCUT2D eigenvalue weighted by Crippen LogP contribution is -2.21. The van der Waals surface area contributed by atoms with Crippen LogP contribution >= 0.6 is 11.6 Å². The van der Waals surface area contributed by atoms with Crippen LogP contribution in [0.25, 0.3) is 5.52 Å². The highest BCUT2D eigenvalue weighted by Crippen LogP contribution is 2.29. The number of aliphatic hydroxyl groups excluding tert-OH is 1. The van der Waals surface area contributed by atoms with E-state index in [1.165, 1.54) is 0 Å². The molecular weight excluding hydrogens is 334 g/mol. The molecule has 2 saturated heterocycles. The van der Waals surface area contributed by atoms with E-state index >= 15 is 0 Å². The fraction of sp³-hybridized carbons (Fsp3) is 0.667. The molecule has 2 aliphatic rings. The van der Waals surface area contributed by atoms with Gasteiger partial charge in [0.25, 0.3) is 0 Å². The summed E-state index contributed by atoms with van der Waals surface area (Å²) in [5, 5.41) is 13.4. The van der Waals surface area contributed by atoms with Crippen molar-refractivity contribution in [3.8, 4) is 0 Å². The van der Waals surface area contributed by atoms with Gasteiger partial charge in [-0.25, -0.2) is 14.5 Å². The molecule has 0 aromatic carbocycles. The molecule has 3 N–H and O–H groups in total. The Balaban J connectivity index is 0.000000203. The van der Waals surface area contributed by atoms with Crippen molar-refractivity contribution in [3.63, 3.8) is 0 Å². The van der Waals surface area contributed by atoms with Crippen molar-refractivity contribution >= 4 is 23.1 Å². The topological polar surface area (TPSA) is 108 Å². The van der Waals surface area contributed by atoms with Gasteiger partial charge >= 0.3 is 0 Å². The van der Waals surface area contributed by atoms with Crippen LogP contribution in [0.2, 0.25) is 5.15 Å². The number of aliphatic hydroxyl groups is 1. The predicted molar refractivity (Wildman–Crippen MR) is 89.1 cm³/mol. The lowest BCUT2D eigenvalue weighted by molar-refractivity contribution is -0.00535. The molecule has 2 aliphatic heterocycles. The van der Waals surface area contributed by atoms with E-state index in [-0.39, 0.29) is 12.1 Å². The third-order valence-corrected chi connectivity index (χ3v) is 4.39. The van der Waals surface area contributed by atoms with Crippen molar-refractivity contribution in [2.75, 3.05) is 32.2 Å². The Morgan fingerprint density at radius 1 is 1.21 bits per heavy atom. The first kappa shape index (κ1) is 17.3. The average Bonchev–Trinajstić information content (AvgIpc) is 2.93. The maximum absolute atomic E-state index is 8.78. The van der Waals surface area contributed by atoms with Crippen LogP contribution in [0, 0.1) is 0 Å². The number of halogens is 1. The van der Waals surface area contributed by atoms with Crippen molar-refractivity contribution in [1.82, 2.24) is 19.6 Å². The minimum atomic E-state index is -0.186. The summed E-state index contributed by atoms with van der Waals surface area (Å²) in [6, 6.07) is 0. The zero-order chi connectivity index (χ0) is 16.9. The molecular formula is C15H22ClN5O3. The normalized spacial score (nSPS) is 22.2. The summed E-state index contributed by atoms with van der Waals surface area (Å²) in [4.78, 5) is 8.29. The van der Waals surface area contributed by atoms with E-state index in [2.05, 4.69) is 15.1 Å². The van der Waals surface area contributed by atoms with Crippen molar-refractivity contribution in [2.45, 2.75) is 37.7 Å². The molecule has 9 heteroatoms. The second kappa shape index (κ2) is 8.06. The number of nitrogens with zero attached hydrogens (tertiary/aromatic N) is 4. The molecule has 0 amide bonds. The number of imidazole rings is 1. The molecule has 132 valence electrons. The molecule has 24 heavy (non-hydrogen) atoms. The van der Waals surface area contributed by atoms with Gasteiger partial charge in [-0.1, -0.05) is 11.6 Å². The van der Waals surface area contributed by atoms with Gasteiger partial charge in [0.1, 0.15) is 11.3 Å². The number of hydrogen-bond donors (Lipinski definition) is 2.